The number of rotatable bonds is 5. The van der Waals surface area contributed by atoms with Crippen molar-refractivity contribution in [1.82, 2.24) is 10.2 Å². The zero-order valence-electron chi connectivity index (χ0n) is 13.1. The average Bonchev–Trinajstić information content (AvgIpc) is 2.49. The summed E-state index contributed by atoms with van der Waals surface area (Å²) in [6.07, 6.45) is 0. The van der Waals surface area contributed by atoms with Gasteiger partial charge in [0.2, 0.25) is 5.91 Å². The normalized spacial score (nSPS) is 10.5. The summed E-state index contributed by atoms with van der Waals surface area (Å²) in [6.45, 7) is 0.279. The molecule has 2 N–H and O–H groups in total. The molecule has 0 saturated heterocycles. The molecule has 0 aliphatic rings. The van der Waals surface area contributed by atoms with Gasteiger partial charge in [-0.2, -0.15) is 0 Å². The van der Waals surface area contributed by atoms with Gasteiger partial charge in [0.05, 0.1) is 12.2 Å². The lowest BCUT2D eigenvalue weighted by molar-refractivity contribution is -0.120. The van der Waals surface area contributed by atoms with E-state index in [1.807, 2.05) is 0 Å². The highest BCUT2D eigenvalue weighted by Gasteiger charge is 2.12. The minimum Gasteiger partial charge on any atom is -0.305 e. The minimum absolute atomic E-state index is 0.0177. The number of hydrogen-bond donors (Lipinski definition) is 2. The first-order valence-electron chi connectivity index (χ1n) is 7.22. The summed E-state index contributed by atoms with van der Waals surface area (Å²) >= 11 is 0. The number of anilines is 1. The zero-order valence-corrected chi connectivity index (χ0v) is 13.1. The standard InChI is InChI=1S/C17H17F2N3O2/c1-22(10-12-5-4-6-13(18)9-12)11-16(23)21-17(24)20-15-8-3-2-7-14(15)19/h2-9H,10-11H2,1H3,(H2,20,21,23,24). The van der Waals surface area contributed by atoms with E-state index in [2.05, 4.69) is 10.6 Å². The lowest BCUT2D eigenvalue weighted by Crippen LogP contribution is -2.40. The SMILES string of the molecule is CN(CC(=O)NC(=O)Nc1ccccc1F)Cc1cccc(F)c1. The van der Waals surface area contributed by atoms with Crippen molar-refractivity contribution >= 4 is 17.6 Å². The number of urea groups is 1. The molecule has 5 nitrogen and oxygen atoms in total. The van der Waals surface area contributed by atoms with Gasteiger partial charge in [-0.05, 0) is 36.9 Å². The second-order valence-electron chi connectivity index (χ2n) is 5.28. The third-order valence-corrected chi connectivity index (χ3v) is 3.13. The van der Waals surface area contributed by atoms with E-state index in [9.17, 15) is 18.4 Å². The first-order valence-corrected chi connectivity index (χ1v) is 7.22. The number of carbonyl (C=O) groups is 2. The summed E-state index contributed by atoms with van der Waals surface area (Å²) in [5, 5.41) is 4.37. The van der Waals surface area contributed by atoms with E-state index >= 15 is 0 Å². The van der Waals surface area contributed by atoms with Gasteiger partial charge >= 0.3 is 6.03 Å². The Kier molecular flexibility index (Phi) is 5.97. The van der Waals surface area contributed by atoms with E-state index in [1.54, 1.807) is 30.1 Å². The van der Waals surface area contributed by atoms with E-state index in [0.29, 0.717) is 12.1 Å². The molecule has 0 saturated carbocycles. The van der Waals surface area contributed by atoms with E-state index in [0.717, 1.165) is 0 Å². The van der Waals surface area contributed by atoms with E-state index in [4.69, 9.17) is 0 Å². The molecule has 0 spiro atoms. The van der Waals surface area contributed by atoms with Crippen molar-refractivity contribution < 1.29 is 18.4 Å². The number of amides is 3. The predicted molar refractivity (Wildman–Crippen MR) is 86.3 cm³/mol. The predicted octanol–water partition coefficient (Wildman–Crippen LogP) is 2.74. The molecule has 0 atom stereocenters. The van der Waals surface area contributed by atoms with Crippen LogP contribution in [0.2, 0.25) is 0 Å². The topological polar surface area (TPSA) is 61.4 Å². The van der Waals surface area contributed by atoms with Gasteiger partial charge in [0, 0.05) is 6.54 Å². The number of halogens is 2. The highest BCUT2D eigenvalue weighted by molar-refractivity contribution is 6.01. The average molecular weight is 333 g/mol. The van der Waals surface area contributed by atoms with Gasteiger partial charge in [-0.15, -0.1) is 0 Å². The molecule has 7 heteroatoms. The Morgan fingerprint density at radius 1 is 1.08 bits per heavy atom. The highest BCUT2D eigenvalue weighted by atomic mass is 19.1. The molecule has 0 aliphatic carbocycles. The van der Waals surface area contributed by atoms with Crippen LogP contribution in [0.15, 0.2) is 48.5 Å². The fraction of sp³-hybridized carbons (Fsp3) is 0.176. The largest absolute Gasteiger partial charge is 0.326 e. The Hall–Kier alpha value is -2.80. The van der Waals surface area contributed by atoms with Crippen molar-refractivity contribution in [2.75, 3.05) is 18.9 Å². The maximum Gasteiger partial charge on any atom is 0.326 e. The van der Waals surface area contributed by atoms with Gasteiger partial charge < -0.3 is 5.32 Å². The van der Waals surface area contributed by atoms with Gasteiger partial charge in [-0.25, -0.2) is 13.6 Å². The number of para-hydroxylation sites is 1. The fourth-order valence-corrected chi connectivity index (χ4v) is 2.13. The molecule has 0 aliphatic heterocycles. The maximum absolute atomic E-state index is 13.4. The van der Waals surface area contributed by atoms with Crippen LogP contribution in [0.1, 0.15) is 5.56 Å². The zero-order chi connectivity index (χ0) is 17.5. The number of imide groups is 1. The molecular weight excluding hydrogens is 316 g/mol. The summed E-state index contributed by atoms with van der Waals surface area (Å²) in [7, 11) is 1.67. The number of benzene rings is 2. The second kappa shape index (κ2) is 8.16. The van der Waals surface area contributed by atoms with Crippen molar-refractivity contribution in [3.05, 3.63) is 65.7 Å². The van der Waals surface area contributed by atoms with Crippen LogP contribution in [0.4, 0.5) is 19.3 Å². The first kappa shape index (κ1) is 17.6. The van der Waals surface area contributed by atoms with Crippen LogP contribution in [0.25, 0.3) is 0 Å². The van der Waals surface area contributed by atoms with Gasteiger partial charge in [0.25, 0.3) is 0 Å². The van der Waals surface area contributed by atoms with E-state index in [-0.39, 0.29) is 18.0 Å². The van der Waals surface area contributed by atoms with Crippen LogP contribution in [0.3, 0.4) is 0 Å². The number of nitrogens with one attached hydrogen (secondary N) is 2. The number of nitrogens with zero attached hydrogens (tertiary/aromatic N) is 1. The Labute approximate surface area is 138 Å². The molecule has 2 aromatic rings. The lowest BCUT2D eigenvalue weighted by Gasteiger charge is -2.16. The molecule has 0 fully saturated rings. The molecule has 2 aromatic carbocycles. The molecule has 3 amide bonds. The van der Waals surface area contributed by atoms with Crippen molar-refractivity contribution in [3.8, 4) is 0 Å². The van der Waals surface area contributed by atoms with Gasteiger partial charge in [-0.1, -0.05) is 24.3 Å². The molecule has 24 heavy (non-hydrogen) atoms. The Bertz CT molecular complexity index is 737. The third-order valence-electron chi connectivity index (χ3n) is 3.13. The molecular formula is C17H17F2N3O2. The number of likely N-dealkylation sites (N-methyl/N-ethyl adjacent to an activating group) is 1. The van der Waals surface area contributed by atoms with Crippen molar-refractivity contribution in [1.29, 1.82) is 0 Å². The Morgan fingerprint density at radius 3 is 2.54 bits per heavy atom. The van der Waals surface area contributed by atoms with E-state index < -0.39 is 17.8 Å². The van der Waals surface area contributed by atoms with Gasteiger partial charge in [-0.3, -0.25) is 15.0 Å². The summed E-state index contributed by atoms with van der Waals surface area (Å²) in [4.78, 5) is 25.1. The van der Waals surface area contributed by atoms with Crippen LogP contribution in [-0.4, -0.2) is 30.4 Å². The Morgan fingerprint density at radius 2 is 1.83 bits per heavy atom. The van der Waals surface area contributed by atoms with Gasteiger partial charge in [0.1, 0.15) is 11.6 Å². The quantitative estimate of drug-likeness (QED) is 0.884. The summed E-state index contributed by atoms with van der Waals surface area (Å²) in [6, 6.07) is 10.9. The highest BCUT2D eigenvalue weighted by Crippen LogP contribution is 2.11. The van der Waals surface area contributed by atoms with Crippen molar-refractivity contribution in [2.24, 2.45) is 0 Å². The number of carbonyl (C=O) groups excluding carboxylic acids is 2. The maximum atomic E-state index is 13.4. The van der Waals surface area contributed by atoms with Crippen LogP contribution in [0.5, 0.6) is 0 Å². The minimum atomic E-state index is -0.816. The molecule has 0 unspecified atom stereocenters. The van der Waals surface area contributed by atoms with Gasteiger partial charge in [0.15, 0.2) is 0 Å². The lowest BCUT2D eigenvalue weighted by atomic mass is 10.2. The van der Waals surface area contributed by atoms with Crippen LogP contribution < -0.4 is 10.6 Å². The number of hydrogen-bond acceptors (Lipinski definition) is 3. The fourth-order valence-electron chi connectivity index (χ4n) is 2.13. The van der Waals surface area contributed by atoms with Crippen LogP contribution in [0, 0.1) is 11.6 Å². The first-order chi connectivity index (χ1) is 11.4. The van der Waals surface area contributed by atoms with Crippen molar-refractivity contribution in [2.45, 2.75) is 6.54 Å². The molecule has 0 bridgehead atoms. The molecule has 126 valence electrons. The van der Waals surface area contributed by atoms with Crippen molar-refractivity contribution in [3.63, 3.8) is 0 Å². The molecule has 2 rings (SSSR count). The molecule has 0 aromatic heterocycles. The Balaban J connectivity index is 1.81. The van der Waals surface area contributed by atoms with E-state index in [1.165, 1.54) is 30.3 Å². The molecule has 0 heterocycles. The second-order valence-corrected chi connectivity index (χ2v) is 5.28. The van der Waals surface area contributed by atoms with Crippen LogP contribution in [-0.2, 0) is 11.3 Å². The summed E-state index contributed by atoms with van der Waals surface area (Å²) < 4.78 is 26.5. The summed E-state index contributed by atoms with van der Waals surface area (Å²) in [5.74, 6) is -1.50. The molecule has 0 radical (unpaired) electrons. The monoisotopic (exact) mass is 333 g/mol. The van der Waals surface area contributed by atoms with Crippen LogP contribution >= 0.6 is 0 Å². The third kappa shape index (κ3) is 5.44. The smallest absolute Gasteiger partial charge is 0.305 e. The summed E-state index contributed by atoms with van der Waals surface area (Å²) in [5.41, 5.74) is 0.692.